The van der Waals surface area contributed by atoms with Crippen molar-refractivity contribution < 1.29 is 4.74 Å². The molecular formula is C28H26N4O2. The molecule has 0 fully saturated rings. The van der Waals surface area contributed by atoms with Gasteiger partial charge in [-0.15, -0.1) is 0 Å². The number of rotatable bonds is 5. The second-order valence-corrected chi connectivity index (χ2v) is 8.58. The van der Waals surface area contributed by atoms with E-state index in [-0.39, 0.29) is 5.56 Å². The number of aromatic nitrogens is 4. The fourth-order valence-corrected chi connectivity index (χ4v) is 4.20. The summed E-state index contributed by atoms with van der Waals surface area (Å²) in [6.07, 6.45) is 1.72. The average molecular weight is 451 g/mol. The summed E-state index contributed by atoms with van der Waals surface area (Å²) in [4.78, 5) is 18.3. The van der Waals surface area contributed by atoms with Crippen LogP contribution in [0.4, 0.5) is 0 Å². The van der Waals surface area contributed by atoms with Crippen molar-refractivity contribution in [2.24, 2.45) is 0 Å². The summed E-state index contributed by atoms with van der Waals surface area (Å²) in [5.41, 5.74) is 7.35. The van der Waals surface area contributed by atoms with Crippen LogP contribution in [0.2, 0.25) is 0 Å². The smallest absolute Gasteiger partial charge is 0.267 e. The average Bonchev–Trinajstić information content (AvgIpc) is 3.20. The molecule has 0 saturated carbocycles. The highest BCUT2D eigenvalue weighted by atomic mass is 16.5. The molecule has 0 aliphatic rings. The van der Waals surface area contributed by atoms with E-state index >= 15 is 0 Å². The van der Waals surface area contributed by atoms with E-state index in [0.29, 0.717) is 35.0 Å². The number of hydrogen-bond acceptors (Lipinski definition) is 4. The van der Waals surface area contributed by atoms with Gasteiger partial charge in [0.2, 0.25) is 0 Å². The van der Waals surface area contributed by atoms with Crippen LogP contribution in [0.5, 0.6) is 5.75 Å². The number of fused-ring (bicyclic) bond motifs is 1. The third-order valence-electron chi connectivity index (χ3n) is 6.03. The molecule has 0 unspecified atom stereocenters. The zero-order valence-electron chi connectivity index (χ0n) is 19.7. The van der Waals surface area contributed by atoms with Gasteiger partial charge in [-0.1, -0.05) is 36.4 Å². The van der Waals surface area contributed by atoms with E-state index in [1.807, 2.05) is 74.0 Å². The third-order valence-corrected chi connectivity index (χ3v) is 6.03. The highest BCUT2D eigenvalue weighted by Gasteiger charge is 2.18. The largest absolute Gasteiger partial charge is 0.485 e. The Balaban J connectivity index is 1.56. The summed E-state index contributed by atoms with van der Waals surface area (Å²) in [5, 5.41) is 4.76. The summed E-state index contributed by atoms with van der Waals surface area (Å²) in [6, 6.07) is 21.8. The van der Waals surface area contributed by atoms with Gasteiger partial charge in [0.1, 0.15) is 12.3 Å². The first-order valence-electron chi connectivity index (χ1n) is 11.3. The lowest BCUT2D eigenvalue weighted by atomic mass is 10.1. The quantitative estimate of drug-likeness (QED) is 0.362. The molecule has 3 heterocycles. The Hall–Kier alpha value is -4.19. The van der Waals surface area contributed by atoms with Gasteiger partial charge in [-0.2, -0.15) is 5.10 Å². The molecule has 0 saturated heterocycles. The Bertz CT molecular complexity index is 1580. The maximum atomic E-state index is 13.6. The SMILES string of the molecule is Cc1cccc(-n2nc(-c3c(C)nc4c(OCc5ccccc5C)cccn4c3=O)cc2C)c1. The second kappa shape index (κ2) is 8.63. The third kappa shape index (κ3) is 3.88. The number of nitrogens with zero attached hydrogens (tertiary/aromatic N) is 4. The van der Waals surface area contributed by atoms with Gasteiger partial charge < -0.3 is 4.74 Å². The van der Waals surface area contributed by atoms with Gasteiger partial charge in [-0.05, 0) is 74.7 Å². The second-order valence-electron chi connectivity index (χ2n) is 8.58. The van der Waals surface area contributed by atoms with E-state index in [9.17, 15) is 4.79 Å². The minimum atomic E-state index is -0.169. The van der Waals surface area contributed by atoms with Crippen molar-refractivity contribution in [3.05, 3.63) is 111 Å². The first-order valence-corrected chi connectivity index (χ1v) is 11.3. The standard InChI is InChI=1S/C28H26N4O2/c1-18-9-7-12-23(15-18)32-20(3)16-24(30-32)26-21(4)29-27-25(13-8-14-31(27)28(26)33)34-17-22-11-6-5-10-19(22)2/h5-16H,17H2,1-4H3. The minimum absolute atomic E-state index is 0.169. The predicted molar refractivity (Wildman–Crippen MR) is 134 cm³/mol. The van der Waals surface area contributed by atoms with Gasteiger partial charge in [-0.3, -0.25) is 9.20 Å². The normalized spacial score (nSPS) is 11.2. The van der Waals surface area contributed by atoms with Crippen LogP contribution < -0.4 is 10.3 Å². The molecule has 0 radical (unpaired) electrons. The molecule has 0 N–H and O–H groups in total. The summed E-state index contributed by atoms with van der Waals surface area (Å²) >= 11 is 0. The lowest BCUT2D eigenvalue weighted by molar-refractivity contribution is 0.307. The van der Waals surface area contributed by atoms with Crippen LogP contribution in [0.15, 0.2) is 77.7 Å². The van der Waals surface area contributed by atoms with Crippen molar-refractivity contribution in [2.75, 3.05) is 0 Å². The lowest BCUT2D eigenvalue weighted by Crippen LogP contribution is -2.19. The molecule has 5 aromatic rings. The van der Waals surface area contributed by atoms with Gasteiger partial charge in [0.15, 0.2) is 11.4 Å². The van der Waals surface area contributed by atoms with Crippen LogP contribution in [0.1, 0.15) is 28.1 Å². The van der Waals surface area contributed by atoms with Gasteiger partial charge in [0.25, 0.3) is 5.56 Å². The highest BCUT2D eigenvalue weighted by Crippen LogP contribution is 2.25. The molecule has 2 aromatic carbocycles. The predicted octanol–water partition coefficient (Wildman–Crippen LogP) is 5.36. The Morgan fingerprint density at radius 1 is 0.912 bits per heavy atom. The Labute approximate surface area is 198 Å². The van der Waals surface area contributed by atoms with Crippen LogP contribution in [0.25, 0.3) is 22.6 Å². The highest BCUT2D eigenvalue weighted by molar-refractivity contribution is 5.65. The first-order chi connectivity index (χ1) is 16.4. The summed E-state index contributed by atoms with van der Waals surface area (Å²) in [7, 11) is 0. The van der Waals surface area contributed by atoms with E-state index in [1.165, 1.54) is 4.40 Å². The maximum Gasteiger partial charge on any atom is 0.267 e. The topological polar surface area (TPSA) is 61.4 Å². The van der Waals surface area contributed by atoms with Crippen LogP contribution in [-0.2, 0) is 6.61 Å². The monoisotopic (exact) mass is 450 g/mol. The molecule has 6 heteroatoms. The number of benzene rings is 2. The Morgan fingerprint density at radius 2 is 1.74 bits per heavy atom. The zero-order chi connectivity index (χ0) is 23.8. The van der Waals surface area contributed by atoms with E-state index in [4.69, 9.17) is 14.8 Å². The number of hydrogen-bond donors (Lipinski definition) is 0. The minimum Gasteiger partial charge on any atom is -0.485 e. The molecular weight excluding hydrogens is 424 g/mol. The Kier molecular flexibility index (Phi) is 5.49. The summed E-state index contributed by atoms with van der Waals surface area (Å²) < 4.78 is 9.49. The van der Waals surface area contributed by atoms with Gasteiger partial charge in [0.05, 0.1) is 16.9 Å². The molecule has 0 aliphatic carbocycles. The molecule has 0 bridgehead atoms. The van der Waals surface area contributed by atoms with E-state index in [0.717, 1.165) is 28.1 Å². The van der Waals surface area contributed by atoms with E-state index < -0.39 is 0 Å². The van der Waals surface area contributed by atoms with Crippen molar-refractivity contribution >= 4 is 5.65 Å². The number of pyridine rings is 1. The molecule has 170 valence electrons. The fourth-order valence-electron chi connectivity index (χ4n) is 4.20. The zero-order valence-corrected chi connectivity index (χ0v) is 19.7. The summed E-state index contributed by atoms with van der Waals surface area (Å²) in [5.74, 6) is 0.568. The first kappa shape index (κ1) is 21.6. The number of aryl methyl sites for hydroxylation is 4. The fraction of sp³-hybridized carbons (Fsp3) is 0.179. The van der Waals surface area contributed by atoms with Crippen molar-refractivity contribution in [1.82, 2.24) is 19.2 Å². The Morgan fingerprint density at radius 3 is 2.53 bits per heavy atom. The van der Waals surface area contributed by atoms with E-state index in [2.05, 4.69) is 19.1 Å². The lowest BCUT2D eigenvalue weighted by Gasteiger charge is -2.12. The molecule has 6 nitrogen and oxygen atoms in total. The van der Waals surface area contributed by atoms with Gasteiger partial charge in [-0.25, -0.2) is 9.67 Å². The van der Waals surface area contributed by atoms with E-state index in [1.54, 1.807) is 12.3 Å². The van der Waals surface area contributed by atoms with Gasteiger partial charge in [0, 0.05) is 11.9 Å². The molecule has 0 aliphatic heterocycles. The molecule has 34 heavy (non-hydrogen) atoms. The van der Waals surface area contributed by atoms with Gasteiger partial charge >= 0.3 is 0 Å². The van der Waals surface area contributed by atoms with Crippen molar-refractivity contribution in [3.63, 3.8) is 0 Å². The van der Waals surface area contributed by atoms with Crippen molar-refractivity contribution in [2.45, 2.75) is 34.3 Å². The van der Waals surface area contributed by atoms with Crippen LogP contribution in [-0.4, -0.2) is 19.2 Å². The molecule has 5 rings (SSSR count). The summed E-state index contributed by atoms with van der Waals surface area (Å²) in [6.45, 7) is 8.33. The maximum absolute atomic E-state index is 13.6. The van der Waals surface area contributed by atoms with Crippen molar-refractivity contribution in [1.29, 1.82) is 0 Å². The molecule has 0 spiro atoms. The molecule has 0 atom stereocenters. The van der Waals surface area contributed by atoms with Crippen LogP contribution >= 0.6 is 0 Å². The van der Waals surface area contributed by atoms with Crippen molar-refractivity contribution in [3.8, 4) is 22.7 Å². The molecule has 0 amide bonds. The van der Waals surface area contributed by atoms with Crippen LogP contribution in [0.3, 0.4) is 0 Å². The number of ether oxygens (including phenoxy) is 1. The van der Waals surface area contributed by atoms with Crippen LogP contribution in [0, 0.1) is 27.7 Å². The molecule has 3 aromatic heterocycles.